The van der Waals surface area contributed by atoms with Gasteiger partial charge in [0.05, 0.1) is 22.5 Å². The van der Waals surface area contributed by atoms with E-state index in [1.165, 1.54) is 12.8 Å². The SMILES string of the molecule is Nc1cc2oc(=O)[nH]c2cc1NCC1(O)CCCCCC1. The van der Waals surface area contributed by atoms with Gasteiger partial charge in [0, 0.05) is 12.6 Å². The van der Waals surface area contributed by atoms with E-state index in [9.17, 15) is 9.90 Å². The largest absolute Gasteiger partial charge is 0.417 e. The molecule has 5 N–H and O–H groups in total. The molecule has 6 nitrogen and oxygen atoms in total. The number of nitrogen functional groups attached to an aromatic ring is 1. The van der Waals surface area contributed by atoms with E-state index in [-0.39, 0.29) is 0 Å². The number of anilines is 2. The highest BCUT2D eigenvalue weighted by atomic mass is 16.4. The highest BCUT2D eigenvalue weighted by molar-refractivity contribution is 5.85. The average Bonchev–Trinajstić information content (AvgIpc) is 2.65. The second kappa shape index (κ2) is 5.44. The standard InChI is InChI=1S/C15H21N3O3/c16-10-7-13-12(18-14(19)21-13)8-11(10)17-9-15(20)5-3-1-2-4-6-15/h7-8,17,20H,1-6,9,16H2,(H,18,19). The van der Waals surface area contributed by atoms with Crippen molar-refractivity contribution in [3.8, 4) is 0 Å². The molecule has 1 fully saturated rings. The smallest absolute Gasteiger partial charge is 0.408 e. The highest BCUT2D eigenvalue weighted by Gasteiger charge is 2.27. The van der Waals surface area contributed by atoms with Crippen LogP contribution < -0.4 is 16.8 Å². The number of hydrogen-bond donors (Lipinski definition) is 4. The Bertz CT molecular complexity index is 681. The normalized spacial score (nSPS) is 18.5. The van der Waals surface area contributed by atoms with E-state index in [2.05, 4.69) is 10.3 Å². The van der Waals surface area contributed by atoms with Crippen LogP contribution in [0.1, 0.15) is 38.5 Å². The predicted molar refractivity (Wildman–Crippen MR) is 82.4 cm³/mol. The van der Waals surface area contributed by atoms with Crippen LogP contribution in [0.25, 0.3) is 11.1 Å². The van der Waals surface area contributed by atoms with Gasteiger partial charge < -0.3 is 20.6 Å². The molecule has 1 aliphatic rings. The fourth-order valence-electron chi connectivity index (χ4n) is 2.99. The zero-order valence-electron chi connectivity index (χ0n) is 11.9. The number of H-pyrrole nitrogens is 1. The van der Waals surface area contributed by atoms with E-state index < -0.39 is 11.4 Å². The van der Waals surface area contributed by atoms with Gasteiger partial charge in [-0.25, -0.2) is 4.79 Å². The number of fused-ring (bicyclic) bond motifs is 1. The van der Waals surface area contributed by atoms with Crippen molar-refractivity contribution in [1.29, 1.82) is 0 Å². The Morgan fingerprint density at radius 1 is 1.29 bits per heavy atom. The molecule has 0 radical (unpaired) electrons. The minimum Gasteiger partial charge on any atom is -0.408 e. The van der Waals surface area contributed by atoms with Crippen LogP contribution in [0.15, 0.2) is 21.3 Å². The van der Waals surface area contributed by atoms with E-state index in [0.717, 1.165) is 25.7 Å². The molecule has 114 valence electrons. The third-order valence-corrected chi connectivity index (χ3v) is 4.23. The topological polar surface area (TPSA) is 104 Å². The molecule has 3 rings (SSSR count). The number of rotatable bonds is 3. The van der Waals surface area contributed by atoms with E-state index in [0.29, 0.717) is 29.0 Å². The molecule has 1 aromatic carbocycles. The predicted octanol–water partition coefficient (Wildman–Crippen LogP) is 2.20. The number of benzene rings is 1. The van der Waals surface area contributed by atoms with E-state index in [1.807, 2.05) is 0 Å². The summed E-state index contributed by atoms with van der Waals surface area (Å²) >= 11 is 0. The van der Waals surface area contributed by atoms with Crippen LogP contribution >= 0.6 is 0 Å². The lowest BCUT2D eigenvalue weighted by Crippen LogP contribution is -2.36. The number of aromatic nitrogens is 1. The maximum Gasteiger partial charge on any atom is 0.417 e. The van der Waals surface area contributed by atoms with Gasteiger partial charge in [-0.2, -0.15) is 0 Å². The number of oxazole rings is 1. The molecule has 0 aliphatic heterocycles. The van der Waals surface area contributed by atoms with Crippen LogP contribution in [0.4, 0.5) is 11.4 Å². The van der Waals surface area contributed by atoms with Gasteiger partial charge in [-0.3, -0.25) is 4.98 Å². The Labute approximate surface area is 122 Å². The third kappa shape index (κ3) is 3.05. The minimum atomic E-state index is -0.679. The molecule has 0 amide bonds. The number of nitrogens with one attached hydrogen (secondary N) is 2. The summed E-state index contributed by atoms with van der Waals surface area (Å²) in [5.41, 5.74) is 7.54. The monoisotopic (exact) mass is 291 g/mol. The molecule has 0 atom stereocenters. The highest BCUT2D eigenvalue weighted by Crippen LogP contribution is 2.29. The van der Waals surface area contributed by atoms with Gasteiger partial charge in [-0.05, 0) is 18.9 Å². The van der Waals surface area contributed by atoms with Gasteiger partial charge in [0.15, 0.2) is 5.58 Å². The van der Waals surface area contributed by atoms with Crippen molar-refractivity contribution in [2.24, 2.45) is 0 Å². The van der Waals surface area contributed by atoms with E-state index >= 15 is 0 Å². The summed E-state index contributed by atoms with van der Waals surface area (Å²) in [6.45, 7) is 0.463. The first kappa shape index (κ1) is 14.0. The summed E-state index contributed by atoms with van der Waals surface area (Å²) in [6.07, 6.45) is 6.11. The van der Waals surface area contributed by atoms with Crippen LogP contribution in [-0.2, 0) is 0 Å². The second-order valence-corrected chi connectivity index (χ2v) is 5.94. The first-order valence-corrected chi connectivity index (χ1v) is 7.44. The molecule has 1 aliphatic carbocycles. The molecule has 0 bridgehead atoms. The number of nitrogens with two attached hydrogens (primary N) is 1. The number of aliphatic hydroxyl groups is 1. The molecule has 0 spiro atoms. The molecular weight excluding hydrogens is 270 g/mol. The molecule has 21 heavy (non-hydrogen) atoms. The Balaban J connectivity index is 1.77. The van der Waals surface area contributed by atoms with Crippen LogP contribution in [-0.4, -0.2) is 22.2 Å². The van der Waals surface area contributed by atoms with Gasteiger partial charge in [-0.15, -0.1) is 0 Å². The number of hydrogen-bond acceptors (Lipinski definition) is 5. The van der Waals surface area contributed by atoms with Crippen molar-refractivity contribution in [3.63, 3.8) is 0 Å². The van der Waals surface area contributed by atoms with Crippen LogP contribution in [0.2, 0.25) is 0 Å². The Kier molecular flexibility index (Phi) is 3.63. The molecule has 1 aromatic heterocycles. The first-order valence-electron chi connectivity index (χ1n) is 7.44. The Morgan fingerprint density at radius 2 is 2.00 bits per heavy atom. The summed E-state index contributed by atoms with van der Waals surface area (Å²) in [5.74, 6) is -0.496. The first-order chi connectivity index (χ1) is 10.1. The van der Waals surface area contributed by atoms with E-state index in [1.54, 1.807) is 12.1 Å². The molecule has 1 saturated carbocycles. The lowest BCUT2D eigenvalue weighted by Gasteiger charge is -2.27. The quantitative estimate of drug-likeness (QED) is 0.512. The number of aromatic amines is 1. The molecular formula is C15H21N3O3. The molecule has 0 unspecified atom stereocenters. The van der Waals surface area contributed by atoms with Crippen molar-refractivity contribution in [2.45, 2.75) is 44.1 Å². The second-order valence-electron chi connectivity index (χ2n) is 5.94. The average molecular weight is 291 g/mol. The molecule has 0 saturated heterocycles. The van der Waals surface area contributed by atoms with Gasteiger partial charge in [0.2, 0.25) is 0 Å². The Hall–Kier alpha value is -1.95. The fourth-order valence-corrected chi connectivity index (χ4v) is 2.99. The van der Waals surface area contributed by atoms with Gasteiger partial charge in [0.25, 0.3) is 0 Å². The van der Waals surface area contributed by atoms with Crippen molar-refractivity contribution in [3.05, 3.63) is 22.7 Å². The molecule has 2 aromatic rings. The lowest BCUT2D eigenvalue weighted by atomic mass is 9.94. The minimum absolute atomic E-state index is 0.441. The van der Waals surface area contributed by atoms with Crippen LogP contribution in [0, 0.1) is 0 Å². The van der Waals surface area contributed by atoms with Gasteiger partial charge in [0.1, 0.15) is 0 Å². The Morgan fingerprint density at radius 3 is 2.71 bits per heavy atom. The van der Waals surface area contributed by atoms with Crippen molar-refractivity contribution in [1.82, 2.24) is 4.98 Å². The van der Waals surface area contributed by atoms with Gasteiger partial charge in [-0.1, -0.05) is 25.7 Å². The van der Waals surface area contributed by atoms with E-state index in [4.69, 9.17) is 10.2 Å². The fraction of sp³-hybridized carbons (Fsp3) is 0.533. The van der Waals surface area contributed by atoms with Crippen LogP contribution in [0.5, 0.6) is 0 Å². The maximum atomic E-state index is 11.2. The van der Waals surface area contributed by atoms with Crippen molar-refractivity contribution >= 4 is 22.5 Å². The van der Waals surface area contributed by atoms with Crippen LogP contribution in [0.3, 0.4) is 0 Å². The molecule has 6 heteroatoms. The summed E-state index contributed by atoms with van der Waals surface area (Å²) in [4.78, 5) is 13.8. The summed E-state index contributed by atoms with van der Waals surface area (Å²) < 4.78 is 4.97. The summed E-state index contributed by atoms with van der Waals surface area (Å²) in [6, 6.07) is 3.36. The zero-order valence-corrected chi connectivity index (χ0v) is 11.9. The molecule has 1 heterocycles. The summed E-state index contributed by atoms with van der Waals surface area (Å²) in [5, 5.41) is 13.9. The summed E-state index contributed by atoms with van der Waals surface area (Å²) in [7, 11) is 0. The lowest BCUT2D eigenvalue weighted by molar-refractivity contribution is 0.0381. The van der Waals surface area contributed by atoms with Crippen molar-refractivity contribution in [2.75, 3.05) is 17.6 Å². The van der Waals surface area contributed by atoms with Gasteiger partial charge >= 0.3 is 5.76 Å². The zero-order chi connectivity index (χ0) is 14.9. The third-order valence-electron chi connectivity index (χ3n) is 4.23. The van der Waals surface area contributed by atoms with Crippen molar-refractivity contribution < 1.29 is 9.52 Å². The maximum absolute atomic E-state index is 11.2.